The van der Waals surface area contributed by atoms with Crippen LogP contribution in [0.2, 0.25) is 0 Å². The zero-order valence-electron chi connectivity index (χ0n) is 7.71. The normalized spacial score (nSPS) is 10.9. The van der Waals surface area contributed by atoms with Gasteiger partial charge in [-0.2, -0.15) is 0 Å². The number of rotatable bonds is 2. The predicted molar refractivity (Wildman–Crippen MR) is 59.3 cm³/mol. The molecule has 1 aromatic carbocycles. The summed E-state index contributed by atoms with van der Waals surface area (Å²) in [5, 5.41) is 1.36. The molecule has 0 aliphatic rings. The summed E-state index contributed by atoms with van der Waals surface area (Å²) in [5.74, 6) is 0. The van der Waals surface area contributed by atoms with Gasteiger partial charge in [0.15, 0.2) is 0 Å². The second-order valence-electron chi connectivity index (χ2n) is 3.23. The molecule has 2 N–H and O–H groups in total. The van der Waals surface area contributed by atoms with E-state index in [-0.39, 0.29) is 0 Å². The lowest BCUT2D eigenvalue weighted by Crippen LogP contribution is -2.02. The molecule has 0 radical (unpaired) electrons. The first-order valence-corrected chi connectivity index (χ1v) is 5.31. The maximum Gasteiger partial charge on any atom is 0.0378 e. The second kappa shape index (κ2) is 3.48. The number of hydrogen-bond acceptors (Lipinski definition) is 2. The predicted octanol–water partition coefficient (Wildman–Crippen LogP) is 2.71. The van der Waals surface area contributed by atoms with E-state index in [0.717, 1.165) is 13.0 Å². The Morgan fingerprint density at radius 2 is 2.23 bits per heavy atom. The standard InChI is InChI=1S/C11H13NS/c1-8-7-10-4-2-3-9(5-6-12)11(10)13-8/h2-4,7H,5-6,12H2,1H3. The van der Waals surface area contributed by atoms with Crippen molar-refractivity contribution in [3.05, 3.63) is 34.7 Å². The van der Waals surface area contributed by atoms with Crippen molar-refractivity contribution in [2.24, 2.45) is 5.73 Å². The molecule has 0 atom stereocenters. The maximum atomic E-state index is 5.56. The monoisotopic (exact) mass is 191 g/mol. The molecule has 0 amide bonds. The Hall–Kier alpha value is -0.860. The quantitative estimate of drug-likeness (QED) is 0.776. The summed E-state index contributed by atoms with van der Waals surface area (Å²) in [6.07, 6.45) is 0.983. The Bertz CT molecular complexity index is 417. The van der Waals surface area contributed by atoms with Gasteiger partial charge in [-0.3, -0.25) is 0 Å². The largest absolute Gasteiger partial charge is 0.330 e. The van der Waals surface area contributed by atoms with Gasteiger partial charge in [-0.05, 0) is 36.9 Å². The van der Waals surface area contributed by atoms with Crippen molar-refractivity contribution in [2.45, 2.75) is 13.3 Å². The Morgan fingerprint density at radius 1 is 1.38 bits per heavy atom. The van der Waals surface area contributed by atoms with Gasteiger partial charge in [-0.15, -0.1) is 11.3 Å². The van der Waals surface area contributed by atoms with Crippen LogP contribution in [0.4, 0.5) is 0 Å². The van der Waals surface area contributed by atoms with Crippen LogP contribution in [0.5, 0.6) is 0 Å². The van der Waals surface area contributed by atoms with E-state index in [2.05, 4.69) is 31.2 Å². The van der Waals surface area contributed by atoms with Crippen molar-refractivity contribution in [2.75, 3.05) is 6.54 Å². The summed E-state index contributed by atoms with van der Waals surface area (Å²) in [7, 11) is 0. The van der Waals surface area contributed by atoms with Gasteiger partial charge >= 0.3 is 0 Å². The fourth-order valence-electron chi connectivity index (χ4n) is 1.60. The first-order valence-electron chi connectivity index (χ1n) is 4.49. The van der Waals surface area contributed by atoms with Crippen molar-refractivity contribution in [3.8, 4) is 0 Å². The third kappa shape index (κ3) is 1.60. The first-order chi connectivity index (χ1) is 6.31. The van der Waals surface area contributed by atoms with Crippen LogP contribution in [0.3, 0.4) is 0 Å². The van der Waals surface area contributed by atoms with Gasteiger partial charge in [0.05, 0.1) is 0 Å². The van der Waals surface area contributed by atoms with Crippen LogP contribution in [0, 0.1) is 6.92 Å². The summed E-state index contributed by atoms with van der Waals surface area (Å²) in [5.41, 5.74) is 6.95. The number of hydrogen-bond donors (Lipinski definition) is 1. The molecule has 0 saturated heterocycles. The lowest BCUT2D eigenvalue weighted by atomic mass is 10.1. The van der Waals surface area contributed by atoms with Crippen molar-refractivity contribution in [1.82, 2.24) is 0 Å². The van der Waals surface area contributed by atoms with Crippen molar-refractivity contribution < 1.29 is 0 Å². The topological polar surface area (TPSA) is 26.0 Å². The highest BCUT2D eigenvalue weighted by Gasteiger charge is 2.02. The molecule has 0 saturated carbocycles. The Labute approximate surface area is 82.2 Å². The molecule has 1 aromatic heterocycles. The van der Waals surface area contributed by atoms with E-state index in [1.165, 1.54) is 20.5 Å². The fraction of sp³-hybridized carbons (Fsp3) is 0.273. The van der Waals surface area contributed by atoms with E-state index in [9.17, 15) is 0 Å². The average molecular weight is 191 g/mol. The first kappa shape index (κ1) is 8.73. The molecule has 1 heterocycles. The molecule has 2 rings (SSSR count). The molecule has 0 aliphatic heterocycles. The SMILES string of the molecule is Cc1cc2cccc(CCN)c2s1. The van der Waals surface area contributed by atoms with Gasteiger partial charge in [0, 0.05) is 9.58 Å². The number of fused-ring (bicyclic) bond motifs is 1. The zero-order chi connectivity index (χ0) is 9.26. The van der Waals surface area contributed by atoms with Crippen LogP contribution in [0.1, 0.15) is 10.4 Å². The minimum Gasteiger partial charge on any atom is -0.330 e. The number of benzene rings is 1. The highest BCUT2D eigenvalue weighted by Crippen LogP contribution is 2.28. The molecular weight excluding hydrogens is 178 g/mol. The summed E-state index contributed by atoms with van der Waals surface area (Å²) in [4.78, 5) is 1.37. The molecule has 0 unspecified atom stereocenters. The Balaban J connectivity index is 2.60. The van der Waals surface area contributed by atoms with Crippen molar-refractivity contribution in [3.63, 3.8) is 0 Å². The smallest absolute Gasteiger partial charge is 0.0378 e. The van der Waals surface area contributed by atoms with Gasteiger partial charge in [-0.1, -0.05) is 18.2 Å². The lowest BCUT2D eigenvalue weighted by Gasteiger charge is -1.99. The summed E-state index contributed by atoms with van der Waals surface area (Å²) < 4.78 is 1.41. The molecule has 1 nitrogen and oxygen atoms in total. The minimum atomic E-state index is 0.732. The highest BCUT2D eigenvalue weighted by molar-refractivity contribution is 7.19. The number of aryl methyl sites for hydroxylation is 1. The third-order valence-electron chi connectivity index (χ3n) is 2.16. The molecule has 0 fully saturated rings. The van der Waals surface area contributed by atoms with Crippen LogP contribution in [-0.2, 0) is 6.42 Å². The van der Waals surface area contributed by atoms with Gasteiger partial charge in [0.2, 0.25) is 0 Å². The highest BCUT2D eigenvalue weighted by atomic mass is 32.1. The van der Waals surface area contributed by atoms with Crippen LogP contribution < -0.4 is 5.73 Å². The van der Waals surface area contributed by atoms with Crippen LogP contribution in [0.25, 0.3) is 10.1 Å². The number of thiophene rings is 1. The molecule has 2 heteroatoms. The maximum absolute atomic E-state index is 5.56. The second-order valence-corrected chi connectivity index (χ2v) is 4.49. The molecule has 13 heavy (non-hydrogen) atoms. The van der Waals surface area contributed by atoms with E-state index >= 15 is 0 Å². The van der Waals surface area contributed by atoms with Crippen LogP contribution >= 0.6 is 11.3 Å². The fourth-order valence-corrected chi connectivity index (χ4v) is 2.66. The Morgan fingerprint density at radius 3 is 3.00 bits per heavy atom. The van der Waals surface area contributed by atoms with Gasteiger partial charge in [-0.25, -0.2) is 0 Å². The van der Waals surface area contributed by atoms with E-state index in [4.69, 9.17) is 5.73 Å². The number of nitrogens with two attached hydrogens (primary N) is 1. The zero-order valence-corrected chi connectivity index (χ0v) is 8.53. The molecule has 2 aromatic rings. The van der Waals surface area contributed by atoms with Gasteiger partial charge in [0.1, 0.15) is 0 Å². The summed E-state index contributed by atoms with van der Waals surface area (Å²) >= 11 is 1.86. The van der Waals surface area contributed by atoms with E-state index in [0.29, 0.717) is 0 Å². The van der Waals surface area contributed by atoms with Crippen LogP contribution in [0.15, 0.2) is 24.3 Å². The third-order valence-corrected chi connectivity index (χ3v) is 3.30. The minimum absolute atomic E-state index is 0.732. The van der Waals surface area contributed by atoms with Crippen molar-refractivity contribution in [1.29, 1.82) is 0 Å². The van der Waals surface area contributed by atoms with E-state index < -0.39 is 0 Å². The summed E-state index contributed by atoms with van der Waals surface area (Å²) in [6.45, 7) is 2.88. The molecule has 0 aliphatic carbocycles. The molecule has 0 spiro atoms. The Kier molecular flexibility index (Phi) is 2.34. The molecule has 68 valence electrons. The van der Waals surface area contributed by atoms with Gasteiger partial charge < -0.3 is 5.73 Å². The lowest BCUT2D eigenvalue weighted by molar-refractivity contribution is 0.979. The molecule has 0 bridgehead atoms. The van der Waals surface area contributed by atoms with E-state index in [1.807, 2.05) is 11.3 Å². The average Bonchev–Trinajstić information content (AvgIpc) is 2.47. The van der Waals surface area contributed by atoms with Crippen molar-refractivity contribution >= 4 is 21.4 Å². The summed E-state index contributed by atoms with van der Waals surface area (Å²) in [6, 6.07) is 8.68. The van der Waals surface area contributed by atoms with Gasteiger partial charge in [0.25, 0.3) is 0 Å². The van der Waals surface area contributed by atoms with E-state index in [1.54, 1.807) is 0 Å². The molecular formula is C11H13NS. The van der Waals surface area contributed by atoms with Crippen LogP contribution in [-0.4, -0.2) is 6.54 Å².